The number of halogens is 1. The minimum absolute atomic E-state index is 0.260. The molecule has 1 saturated heterocycles. The Labute approximate surface area is 103 Å². The van der Waals surface area contributed by atoms with E-state index in [2.05, 4.69) is 44.4 Å². The van der Waals surface area contributed by atoms with E-state index in [1.54, 1.807) is 0 Å². The summed E-state index contributed by atoms with van der Waals surface area (Å²) in [7, 11) is 0. The highest BCUT2D eigenvalue weighted by molar-refractivity contribution is 14.1. The van der Waals surface area contributed by atoms with Crippen molar-refractivity contribution in [2.24, 2.45) is 0 Å². The van der Waals surface area contributed by atoms with E-state index in [-0.39, 0.29) is 6.10 Å². The van der Waals surface area contributed by atoms with E-state index in [9.17, 15) is 0 Å². The Balaban J connectivity index is 2.11. The van der Waals surface area contributed by atoms with Crippen molar-refractivity contribution >= 4 is 28.5 Å². The lowest BCUT2D eigenvalue weighted by atomic mass is 10.3. The molecule has 1 fully saturated rings. The minimum atomic E-state index is 0.260. The fraction of sp³-hybridized carbons (Fsp3) is 0.600. The zero-order chi connectivity index (χ0) is 10.7. The van der Waals surface area contributed by atoms with E-state index in [1.165, 1.54) is 0 Å². The summed E-state index contributed by atoms with van der Waals surface area (Å²) in [4.78, 5) is 10.8. The molecule has 5 heteroatoms. The highest BCUT2D eigenvalue weighted by Gasteiger charge is 2.16. The standard InChI is InChI=1S/C10H14IN3O/c1-8-7-14(3-2-4-15-8)10-12-5-9(11)6-13-10/h5-6,8H,2-4,7H2,1H3. The zero-order valence-electron chi connectivity index (χ0n) is 8.69. The first-order valence-electron chi connectivity index (χ1n) is 5.10. The van der Waals surface area contributed by atoms with Crippen LogP contribution in [0.2, 0.25) is 0 Å². The molecule has 1 aliphatic heterocycles. The Morgan fingerprint density at radius 2 is 2.20 bits per heavy atom. The summed E-state index contributed by atoms with van der Waals surface area (Å²) in [5, 5.41) is 0. The molecule has 0 saturated carbocycles. The smallest absolute Gasteiger partial charge is 0.225 e. The second kappa shape index (κ2) is 5.07. The molecule has 1 atom stereocenters. The summed E-state index contributed by atoms with van der Waals surface area (Å²) >= 11 is 2.21. The summed E-state index contributed by atoms with van der Waals surface area (Å²) in [5.41, 5.74) is 0. The maximum atomic E-state index is 5.58. The number of rotatable bonds is 1. The number of hydrogen-bond donors (Lipinski definition) is 0. The Hall–Kier alpha value is -0.430. The molecule has 4 nitrogen and oxygen atoms in total. The summed E-state index contributed by atoms with van der Waals surface area (Å²) in [6.45, 7) is 4.78. The van der Waals surface area contributed by atoms with Gasteiger partial charge in [-0.15, -0.1) is 0 Å². The van der Waals surface area contributed by atoms with Gasteiger partial charge in [0.2, 0.25) is 5.95 Å². The number of ether oxygens (including phenoxy) is 1. The molecule has 0 radical (unpaired) electrons. The molecular weight excluding hydrogens is 305 g/mol. The van der Waals surface area contributed by atoms with Crippen LogP contribution in [0.15, 0.2) is 12.4 Å². The molecule has 1 aliphatic rings. The van der Waals surface area contributed by atoms with Gasteiger partial charge in [-0.2, -0.15) is 0 Å². The van der Waals surface area contributed by atoms with E-state index in [4.69, 9.17) is 4.74 Å². The molecule has 0 bridgehead atoms. The fourth-order valence-corrected chi connectivity index (χ4v) is 1.92. The molecule has 0 aromatic carbocycles. The monoisotopic (exact) mass is 319 g/mol. The van der Waals surface area contributed by atoms with Crippen LogP contribution in [0, 0.1) is 3.57 Å². The third-order valence-electron chi connectivity index (χ3n) is 2.34. The van der Waals surface area contributed by atoms with Crippen molar-refractivity contribution in [3.05, 3.63) is 16.0 Å². The van der Waals surface area contributed by atoms with Crippen molar-refractivity contribution in [1.29, 1.82) is 0 Å². The molecule has 2 heterocycles. The Kier molecular flexibility index (Phi) is 3.74. The van der Waals surface area contributed by atoms with Crippen molar-refractivity contribution in [3.63, 3.8) is 0 Å². The molecule has 15 heavy (non-hydrogen) atoms. The molecule has 0 spiro atoms. The van der Waals surface area contributed by atoms with Gasteiger partial charge in [0.25, 0.3) is 0 Å². The van der Waals surface area contributed by atoms with Gasteiger partial charge < -0.3 is 9.64 Å². The van der Waals surface area contributed by atoms with Crippen molar-refractivity contribution in [2.45, 2.75) is 19.4 Å². The van der Waals surface area contributed by atoms with Crippen LogP contribution >= 0.6 is 22.6 Å². The lowest BCUT2D eigenvalue weighted by Gasteiger charge is -2.21. The van der Waals surface area contributed by atoms with Gasteiger partial charge in [0, 0.05) is 35.7 Å². The van der Waals surface area contributed by atoms with Gasteiger partial charge in [-0.3, -0.25) is 0 Å². The maximum absolute atomic E-state index is 5.58. The predicted octanol–water partition coefficient (Wildman–Crippen LogP) is 1.70. The van der Waals surface area contributed by atoms with Crippen molar-refractivity contribution in [1.82, 2.24) is 9.97 Å². The van der Waals surface area contributed by atoms with E-state index in [0.29, 0.717) is 0 Å². The average molecular weight is 319 g/mol. The lowest BCUT2D eigenvalue weighted by molar-refractivity contribution is 0.0820. The Morgan fingerprint density at radius 3 is 2.93 bits per heavy atom. The number of anilines is 1. The second-order valence-electron chi connectivity index (χ2n) is 3.68. The molecule has 0 amide bonds. The van der Waals surface area contributed by atoms with Crippen molar-refractivity contribution in [3.8, 4) is 0 Å². The predicted molar refractivity (Wildman–Crippen MR) is 67.0 cm³/mol. The van der Waals surface area contributed by atoms with Gasteiger partial charge in [0.05, 0.1) is 6.10 Å². The number of hydrogen-bond acceptors (Lipinski definition) is 4. The van der Waals surface area contributed by atoms with E-state index < -0.39 is 0 Å². The first-order chi connectivity index (χ1) is 7.25. The number of aromatic nitrogens is 2. The van der Waals surface area contributed by atoms with Crippen molar-refractivity contribution in [2.75, 3.05) is 24.6 Å². The topological polar surface area (TPSA) is 38.2 Å². The third-order valence-corrected chi connectivity index (χ3v) is 2.90. The molecule has 0 N–H and O–H groups in total. The number of nitrogens with zero attached hydrogens (tertiary/aromatic N) is 3. The zero-order valence-corrected chi connectivity index (χ0v) is 10.8. The van der Waals surface area contributed by atoms with Crippen LogP contribution < -0.4 is 4.90 Å². The summed E-state index contributed by atoms with van der Waals surface area (Å²) in [5.74, 6) is 0.813. The molecule has 82 valence electrons. The van der Waals surface area contributed by atoms with Crippen molar-refractivity contribution < 1.29 is 4.74 Å². The highest BCUT2D eigenvalue weighted by Crippen LogP contribution is 2.13. The largest absolute Gasteiger partial charge is 0.377 e. The maximum Gasteiger partial charge on any atom is 0.225 e. The quantitative estimate of drug-likeness (QED) is 0.739. The van der Waals surface area contributed by atoms with Crippen LogP contribution in [0.1, 0.15) is 13.3 Å². The van der Waals surface area contributed by atoms with Crippen LogP contribution in [-0.4, -0.2) is 35.8 Å². The van der Waals surface area contributed by atoms with E-state index in [0.717, 1.165) is 35.6 Å². The summed E-state index contributed by atoms with van der Waals surface area (Å²) < 4.78 is 6.64. The molecule has 1 aromatic rings. The van der Waals surface area contributed by atoms with Gasteiger partial charge in [0.15, 0.2) is 0 Å². The molecule has 1 unspecified atom stereocenters. The van der Waals surface area contributed by atoms with Crippen LogP contribution in [-0.2, 0) is 4.74 Å². The van der Waals surface area contributed by atoms with E-state index >= 15 is 0 Å². The fourth-order valence-electron chi connectivity index (χ4n) is 1.64. The molecule has 2 rings (SSSR count). The van der Waals surface area contributed by atoms with Crippen LogP contribution in [0.25, 0.3) is 0 Å². The normalized spacial score (nSPS) is 22.5. The molecule has 0 aliphatic carbocycles. The average Bonchev–Trinajstić information content (AvgIpc) is 2.44. The van der Waals surface area contributed by atoms with Gasteiger partial charge in [-0.05, 0) is 35.9 Å². The molecule has 1 aromatic heterocycles. The second-order valence-corrected chi connectivity index (χ2v) is 4.93. The van der Waals surface area contributed by atoms with Gasteiger partial charge >= 0.3 is 0 Å². The minimum Gasteiger partial charge on any atom is -0.377 e. The highest BCUT2D eigenvalue weighted by atomic mass is 127. The van der Waals surface area contributed by atoms with Crippen LogP contribution in [0.5, 0.6) is 0 Å². The first-order valence-corrected chi connectivity index (χ1v) is 6.17. The van der Waals surface area contributed by atoms with Gasteiger partial charge in [-0.1, -0.05) is 0 Å². The van der Waals surface area contributed by atoms with E-state index in [1.807, 2.05) is 12.4 Å². The van der Waals surface area contributed by atoms with Gasteiger partial charge in [-0.25, -0.2) is 9.97 Å². The van der Waals surface area contributed by atoms with Crippen LogP contribution in [0.4, 0.5) is 5.95 Å². The Morgan fingerprint density at radius 1 is 1.47 bits per heavy atom. The first kappa shape index (κ1) is 11.1. The van der Waals surface area contributed by atoms with Gasteiger partial charge in [0.1, 0.15) is 0 Å². The molecular formula is C10H14IN3O. The van der Waals surface area contributed by atoms with Crippen LogP contribution in [0.3, 0.4) is 0 Å². The summed E-state index contributed by atoms with van der Waals surface area (Å²) in [6, 6.07) is 0. The third kappa shape index (κ3) is 3.01. The summed E-state index contributed by atoms with van der Waals surface area (Å²) in [6.07, 6.45) is 4.99. The Bertz CT molecular complexity index is 317. The lowest BCUT2D eigenvalue weighted by Crippen LogP contribution is -2.31. The SMILES string of the molecule is CC1CN(c2ncc(I)cn2)CCCO1.